The zero-order valence-electron chi connectivity index (χ0n) is 9.62. The molecule has 5 nitrogen and oxygen atoms in total. The van der Waals surface area contributed by atoms with E-state index in [-0.39, 0.29) is 11.0 Å². The van der Waals surface area contributed by atoms with Crippen molar-refractivity contribution in [1.82, 2.24) is 16.2 Å². The molecule has 2 amide bonds. The maximum atomic E-state index is 11.7. The van der Waals surface area contributed by atoms with Crippen LogP contribution in [0.5, 0.6) is 0 Å². The fourth-order valence-electron chi connectivity index (χ4n) is 1.07. The van der Waals surface area contributed by atoms with Crippen LogP contribution in [0.15, 0.2) is 24.3 Å². The molecule has 0 aliphatic carbocycles. The van der Waals surface area contributed by atoms with E-state index in [4.69, 9.17) is 23.8 Å². The first-order valence-corrected chi connectivity index (χ1v) is 5.98. The van der Waals surface area contributed by atoms with Gasteiger partial charge in [0.25, 0.3) is 5.91 Å². The molecular weight excluding hydrogens is 274 g/mol. The highest BCUT2D eigenvalue weighted by molar-refractivity contribution is 7.80. The predicted octanol–water partition coefficient (Wildman–Crippen LogP) is 1.39. The van der Waals surface area contributed by atoms with E-state index in [1.54, 1.807) is 31.2 Å². The zero-order chi connectivity index (χ0) is 13.5. The van der Waals surface area contributed by atoms with E-state index < -0.39 is 5.91 Å². The van der Waals surface area contributed by atoms with Gasteiger partial charge < -0.3 is 5.32 Å². The standard InChI is InChI=1S/C11H12ClN3O2S/c1-2-9(16)13-11(18)15-14-10(17)7-5-3-4-6-8(7)12/h3-6H,2H2,1H3,(H,14,17)(H2,13,15,16,18). The van der Waals surface area contributed by atoms with E-state index >= 15 is 0 Å². The molecule has 0 atom stereocenters. The van der Waals surface area contributed by atoms with Crippen molar-refractivity contribution in [2.75, 3.05) is 0 Å². The molecule has 0 bridgehead atoms. The first-order chi connectivity index (χ1) is 8.54. The highest BCUT2D eigenvalue weighted by Crippen LogP contribution is 2.13. The van der Waals surface area contributed by atoms with Gasteiger partial charge in [0.1, 0.15) is 0 Å². The molecule has 0 fully saturated rings. The molecule has 0 heterocycles. The van der Waals surface area contributed by atoms with Gasteiger partial charge in [-0.05, 0) is 24.4 Å². The number of carbonyl (C=O) groups is 2. The van der Waals surface area contributed by atoms with Crippen LogP contribution in [0, 0.1) is 0 Å². The van der Waals surface area contributed by atoms with Crippen LogP contribution in [-0.2, 0) is 4.79 Å². The van der Waals surface area contributed by atoms with Crippen molar-refractivity contribution in [3.8, 4) is 0 Å². The average Bonchev–Trinajstić information content (AvgIpc) is 2.36. The lowest BCUT2D eigenvalue weighted by atomic mass is 10.2. The number of hydrogen-bond donors (Lipinski definition) is 3. The molecule has 0 spiro atoms. The van der Waals surface area contributed by atoms with Crippen LogP contribution in [0.1, 0.15) is 23.7 Å². The summed E-state index contributed by atoms with van der Waals surface area (Å²) in [4.78, 5) is 22.7. The van der Waals surface area contributed by atoms with E-state index in [2.05, 4.69) is 16.2 Å². The van der Waals surface area contributed by atoms with Crippen molar-refractivity contribution in [1.29, 1.82) is 0 Å². The van der Waals surface area contributed by atoms with Gasteiger partial charge >= 0.3 is 0 Å². The zero-order valence-corrected chi connectivity index (χ0v) is 11.2. The molecule has 96 valence electrons. The first-order valence-electron chi connectivity index (χ1n) is 5.19. The highest BCUT2D eigenvalue weighted by atomic mass is 35.5. The van der Waals surface area contributed by atoms with E-state index in [0.29, 0.717) is 17.0 Å². The van der Waals surface area contributed by atoms with Gasteiger partial charge in [-0.3, -0.25) is 20.4 Å². The van der Waals surface area contributed by atoms with Gasteiger partial charge in [-0.15, -0.1) is 0 Å². The van der Waals surface area contributed by atoms with Gasteiger partial charge in [-0.25, -0.2) is 0 Å². The molecule has 1 aromatic carbocycles. The van der Waals surface area contributed by atoms with Crippen molar-refractivity contribution >= 4 is 40.7 Å². The smallest absolute Gasteiger partial charge is 0.271 e. The van der Waals surface area contributed by atoms with E-state index in [9.17, 15) is 9.59 Å². The Balaban J connectivity index is 2.50. The fraction of sp³-hybridized carbons (Fsp3) is 0.182. The molecule has 0 radical (unpaired) electrons. The van der Waals surface area contributed by atoms with Gasteiger partial charge in [-0.2, -0.15) is 0 Å². The monoisotopic (exact) mass is 285 g/mol. The van der Waals surface area contributed by atoms with Crippen molar-refractivity contribution in [2.24, 2.45) is 0 Å². The number of hydrogen-bond acceptors (Lipinski definition) is 3. The Morgan fingerprint density at radius 2 is 1.94 bits per heavy atom. The number of rotatable bonds is 2. The second kappa shape index (κ2) is 6.93. The lowest BCUT2D eigenvalue weighted by Crippen LogP contribution is -2.48. The van der Waals surface area contributed by atoms with Crippen molar-refractivity contribution < 1.29 is 9.59 Å². The summed E-state index contributed by atoms with van der Waals surface area (Å²) in [6.07, 6.45) is 0.306. The Hall–Kier alpha value is -1.66. The number of halogens is 1. The molecule has 0 unspecified atom stereocenters. The van der Waals surface area contributed by atoms with Crippen molar-refractivity contribution in [3.63, 3.8) is 0 Å². The van der Waals surface area contributed by atoms with Crippen LogP contribution < -0.4 is 16.2 Å². The minimum Gasteiger partial charge on any atom is -0.302 e. The largest absolute Gasteiger partial charge is 0.302 e. The van der Waals surface area contributed by atoms with Gasteiger partial charge in [0, 0.05) is 6.42 Å². The summed E-state index contributed by atoms with van der Waals surface area (Å²) in [5, 5.41) is 2.75. The third kappa shape index (κ3) is 4.31. The van der Waals surface area contributed by atoms with Gasteiger partial charge in [0.15, 0.2) is 5.11 Å². The van der Waals surface area contributed by atoms with E-state index in [1.165, 1.54) is 0 Å². The summed E-state index contributed by atoms with van der Waals surface area (Å²) in [7, 11) is 0. The molecule has 1 aromatic rings. The maximum absolute atomic E-state index is 11.7. The Bertz CT molecular complexity index is 479. The molecular formula is C11H12ClN3O2S. The Kier molecular flexibility index (Phi) is 5.54. The van der Waals surface area contributed by atoms with E-state index in [1.807, 2.05) is 0 Å². The summed E-state index contributed by atoms with van der Waals surface area (Å²) >= 11 is 10.7. The highest BCUT2D eigenvalue weighted by Gasteiger charge is 2.09. The minimum atomic E-state index is -0.436. The van der Waals surface area contributed by atoms with Gasteiger partial charge in [-0.1, -0.05) is 30.7 Å². The number of carbonyl (C=O) groups excluding carboxylic acids is 2. The molecule has 7 heteroatoms. The summed E-state index contributed by atoms with van der Waals surface area (Å²) < 4.78 is 0. The van der Waals surface area contributed by atoms with Crippen LogP contribution in [0.2, 0.25) is 5.02 Å². The lowest BCUT2D eigenvalue weighted by Gasteiger charge is -2.10. The van der Waals surface area contributed by atoms with Crippen molar-refractivity contribution in [2.45, 2.75) is 13.3 Å². The number of thiocarbonyl (C=S) groups is 1. The quantitative estimate of drug-likeness (QED) is 0.567. The lowest BCUT2D eigenvalue weighted by molar-refractivity contribution is -0.119. The molecule has 0 aliphatic heterocycles. The van der Waals surface area contributed by atoms with Crippen LogP contribution in [0.3, 0.4) is 0 Å². The first kappa shape index (κ1) is 14.4. The average molecular weight is 286 g/mol. The third-order valence-corrected chi connectivity index (χ3v) is 2.52. The van der Waals surface area contributed by atoms with Crippen LogP contribution >= 0.6 is 23.8 Å². The molecule has 1 rings (SSSR count). The van der Waals surface area contributed by atoms with Crippen molar-refractivity contribution in [3.05, 3.63) is 34.9 Å². The minimum absolute atomic E-state index is 0.0299. The predicted molar refractivity (Wildman–Crippen MR) is 73.1 cm³/mol. The van der Waals surface area contributed by atoms with Gasteiger partial charge in [0.05, 0.1) is 10.6 Å². The summed E-state index contributed by atoms with van der Waals surface area (Å²) in [5.41, 5.74) is 5.07. The molecule has 3 N–H and O–H groups in total. The fourth-order valence-corrected chi connectivity index (χ4v) is 1.46. The normalized spacial score (nSPS) is 9.44. The summed E-state index contributed by atoms with van der Waals surface area (Å²) in [6, 6.07) is 6.59. The molecule has 0 saturated heterocycles. The number of amides is 2. The number of nitrogens with one attached hydrogen (secondary N) is 3. The number of hydrazine groups is 1. The van der Waals surface area contributed by atoms with Crippen LogP contribution in [0.4, 0.5) is 0 Å². The molecule has 0 aromatic heterocycles. The van der Waals surface area contributed by atoms with Crippen LogP contribution in [0.25, 0.3) is 0 Å². The van der Waals surface area contributed by atoms with Gasteiger partial charge in [0.2, 0.25) is 5.91 Å². The van der Waals surface area contributed by atoms with Crippen LogP contribution in [-0.4, -0.2) is 16.9 Å². The Morgan fingerprint density at radius 3 is 2.56 bits per heavy atom. The summed E-state index contributed by atoms with van der Waals surface area (Å²) in [5.74, 6) is -0.673. The maximum Gasteiger partial charge on any atom is 0.271 e. The molecule has 0 aliphatic rings. The molecule has 18 heavy (non-hydrogen) atoms. The Labute approximate surface area is 115 Å². The number of benzene rings is 1. The summed E-state index contributed by atoms with van der Waals surface area (Å²) in [6.45, 7) is 1.69. The molecule has 0 saturated carbocycles. The van der Waals surface area contributed by atoms with E-state index in [0.717, 1.165) is 0 Å². The third-order valence-electron chi connectivity index (χ3n) is 1.98. The topological polar surface area (TPSA) is 70.2 Å². The second-order valence-electron chi connectivity index (χ2n) is 3.29. The SMILES string of the molecule is CCC(=O)NC(=S)NNC(=O)c1ccccc1Cl. The second-order valence-corrected chi connectivity index (χ2v) is 4.11. The Morgan fingerprint density at radius 1 is 1.28 bits per heavy atom.